The molecule has 0 fully saturated rings. The fourth-order valence-corrected chi connectivity index (χ4v) is 8.11. The Bertz CT molecular complexity index is 2950. The van der Waals surface area contributed by atoms with Crippen LogP contribution in [-0.4, -0.2) is 28.7 Å². The van der Waals surface area contributed by atoms with Gasteiger partial charge in [-0.3, -0.25) is 14.5 Å². The lowest BCUT2D eigenvalue weighted by atomic mass is 10.0. The maximum absolute atomic E-state index is 5.19. The summed E-state index contributed by atoms with van der Waals surface area (Å²) >= 11 is 0. The summed E-state index contributed by atoms with van der Waals surface area (Å²) in [5, 5.41) is 4.66. The van der Waals surface area contributed by atoms with Crippen molar-refractivity contribution in [3.05, 3.63) is 183 Å². The maximum atomic E-state index is 5.19. The highest BCUT2D eigenvalue weighted by atomic mass is 15.1. The van der Waals surface area contributed by atoms with Gasteiger partial charge in [0.2, 0.25) is 0 Å². The third-order valence-electron chi connectivity index (χ3n) is 10.4. The minimum Gasteiger partial charge on any atom is -0.309 e. The first-order chi connectivity index (χ1) is 26.3. The molecule has 0 atom stereocenters. The summed E-state index contributed by atoms with van der Waals surface area (Å²) in [6, 6.07) is 55.9. The summed E-state index contributed by atoms with van der Waals surface area (Å²) < 4.78 is 6.97. The van der Waals surface area contributed by atoms with Crippen LogP contribution in [0.25, 0.3) is 94.2 Å². The number of fused-ring (bicyclic) bond motifs is 7. The van der Waals surface area contributed by atoms with Crippen LogP contribution in [0.5, 0.6) is 0 Å². The molecule has 0 bridgehead atoms. The summed E-state index contributed by atoms with van der Waals surface area (Å²) in [5.74, 6) is 0.902. The molecule has 0 aliphatic carbocycles. The Kier molecular flexibility index (Phi) is 6.45. The van der Waals surface area contributed by atoms with Crippen molar-refractivity contribution in [2.75, 3.05) is 0 Å². The molecule has 0 amide bonds. The first kappa shape index (κ1) is 29.4. The van der Waals surface area contributed by atoms with Gasteiger partial charge in [0.05, 0.1) is 39.3 Å². The average molecular weight is 679 g/mol. The van der Waals surface area contributed by atoms with Crippen molar-refractivity contribution < 1.29 is 0 Å². The number of para-hydroxylation sites is 5. The molecule has 11 rings (SSSR count). The normalized spacial score (nSPS) is 11.8. The molecule has 6 heteroatoms. The lowest BCUT2D eigenvalue weighted by molar-refractivity contribution is 1.10. The Morgan fingerprint density at radius 3 is 1.75 bits per heavy atom. The quantitative estimate of drug-likeness (QED) is 0.182. The Morgan fingerprint density at radius 1 is 0.340 bits per heavy atom. The van der Waals surface area contributed by atoms with Crippen LogP contribution in [0.2, 0.25) is 0 Å². The minimum absolute atomic E-state index is 0.902. The van der Waals surface area contributed by atoms with Gasteiger partial charge in [-0.15, -0.1) is 0 Å². The molecule has 0 aliphatic rings. The van der Waals surface area contributed by atoms with Gasteiger partial charge in [-0.25, -0.2) is 4.98 Å². The zero-order valence-electron chi connectivity index (χ0n) is 28.5. The Labute approximate surface area is 304 Å². The van der Waals surface area contributed by atoms with E-state index in [-0.39, 0.29) is 0 Å². The van der Waals surface area contributed by atoms with E-state index in [1.165, 1.54) is 16.2 Å². The number of benzene rings is 6. The number of rotatable bonds is 5. The van der Waals surface area contributed by atoms with E-state index >= 15 is 0 Å². The van der Waals surface area contributed by atoms with E-state index < -0.39 is 0 Å². The topological polar surface area (TPSA) is 53.5 Å². The van der Waals surface area contributed by atoms with E-state index in [0.717, 1.165) is 78.1 Å². The van der Waals surface area contributed by atoms with Gasteiger partial charge < -0.3 is 9.13 Å². The highest BCUT2D eigenvalue weighted by molar-refractivity contribution is 6.10. The van der Waals surface area contributed by atoms with Crippen LogP contribution in [0.3, 0.4) is 0 Å². The van der Waals surface area contributed by atoms with Crippen LogP contribution in [0, 0.1) is 0 Å². The SMILES string of the molecule is c1ccc(-n2c(-c3cccc(-c4cc(-n5c6ccccc6c6cnccc65)cc(-n5c6ccccc6c6ccncc65)c4)c3)nc3ccccc32)cc1. The van der Waals surface area contributed by atoms with Gasteiger partial charge in [0.15, 0.2) is 0 Å². The molecular formula is C47H30N6. The molecule has 0 aliphatic heterocycles. The number of hydrogen-bond donors (Lipinski definition) is 0. The number of aromatic nitrogens is 6. The third kappa shape index (κ3) is 4.56. The number of imidazole rings is 1. The fourth-order valence-electron chi connectivity index (χ4n) is 8.11. The molecule has 11 aromatic rings. The van der Waals surface area contributed by atoms with Gasteiger partial charge in [-0.2, -0.15) is 0 Å². The average Bonchev–Trinajstić information content (AvgIpc) is 3.89. The first-order valence-corrected chi connectivity index (χ1v) is 17.8. The van der Waals surface area contributed by atoms with Crippen LogP contribution in [0.4, 0.5) is 0 Å². The zero-order valence-corrected chi connectivity index (χ0v) is 28.5. The third-order valence-corrected chi connectivity index (χ3v) is 10.4. The molecule has 0 radical (unpaired) electrons. The molecule has 0 saturated carbocycles. The summed E-state index contributed by atoms with van der Waals surface area (Å²) in [4.78, 5) is 14.3. The van der Waals surface area contributed by atoms with E-state index in [4.69, 9.17) is 4.98 Å². The molecule has 5 heterocycles. The predicted molar refractivity (Wildman–Crippen MR) is 216 cm³/mol. The largest absolute Gasteiger partial charge is 0.309 e. The standard InChI is InChI=1S/C47H30N6/c1-2-13-34(14-3-1)53-45-20-9-6-17-41(45)50-47(53)32-12-10-11-31(25-32)33-26-35(51-43-19-8-5-16-38(43)40-29-48-24-22-44(40)51)28-36(27-33)52-42-18-7-4-15-37(42)39-21-23-49-30-46(39)52/h1-30H. The van der Waals surface area contributed by atoms with Crippen molar-refractivity contribution in [2.24, 2.45) is 0 Å². The molecular weight excluding hydrogens is 649 g/mol. The molecule has 0 N–H and O–H groups in total. The van der Waals surface area contributed by atoms with E-state index in [0.29, 0.717) is 0 Å². The van der Waals surface area contributed by atoms with Gasteiger partial charge >= 0.3 is 0 Å². The first-order valence-electron chi connectivity index (χ1n) is 17.8. The highest BCUT2D eigenvalue weighted by Gasteiger charge is 2.19. The molecule has 5 aromatic heterocycles. The zero-order chi connectivity index (χ0) is 34.9. The van der Waals surface area contributed by atoms with Crippen molar-refractivity contribution in [3.8, 4) is 39.6 Å². The molecule has 6 aromatic carbocycles. The van der Waals surface area contributed by atoms with E-state index in [1.807, 2.05) is 36.9 Å². The summed E-state index contributed by atoms with van der Waals surface area (Å²) in [6.07, 6.45) is 7.70. The van der Waals surface area contributed by atoms with Gasteiger partial charge in [-0.05, 0) is 83.9 Å². The van der Waals surface area contributed by atoms with Crippen molar-refractivity contribution in [1.29, 1.82) is 0 Å². The Balaban J connectivity index is 1.19. The maximum Gasteiger partial charge on any atom is 0.145 e. The smallest absolute Gasteiger partial charge is 0.145 e. The van der Waals surface area contributed by atoms with Gasteiger partial charge in [-0.1, -0.05) is 84.9 Å². The van der Waals surface area contributed by atoms with Crippen molar-refractivity contribution in [1.82, 2.24) is 28.7 Å². The van der Waals surface area contributed by atoms with Crippen LogP contribution >= 0.6 is 0 Å². The highest BCUT2D eigenvalue weighted by Crippen LogP contribution is 2.38. The van der Waals surface area contributed by atoms with Gasteiger partial charge in [0.25, 0.3) is 0 Å². The lowest BCUT2D eigenvalue weighted by Gasteiger charge is -2.16. The predicted octanol–water partition coefficient (Wildman–Crippen LogP) is 11.3. The lowest BCUT2D eigenvalue weighted by Crippen LogP contribution is -2.00. The summed E-state index contributed by atoms with van der Waals surface area (Å²) in [7, 11) is 0. The van der Waals surface area contributed by atoms with E-state index in [1.54, 1.807) is 0 Å². The van der Waals surface area contributed by atoms with Crippen LogP contribution in [-0.2, 0) is 0 Å². The van der Waals surface area contributed by atoms with Crippen LogP contribution < -0.4 is 0 Å². The number of nitrogens with zero attached hydrogens (tertiary/aromatic N) is 6. The van der Waals surface area contributed by atoms with Gasteiger partial charge in [0.1, 0.15) is 5.82 Å². The van der Waals surface area contributed by atoms with Crippen molar-refractivity contribution in [3.63, 3.8) is 0 Å². The molecule has 0 saturated heterocycles. The summed E-state index contributed by atoms with van der Waals surface area (Å²) in [6.45, 7) is 0. The second-order valence-electron chi connectivity index (χ2n) is 13.4. The molecule has 6 nitrogen and oxygen atoms in total. The molecule has 0 spiro atoms. The fraction of sp³-hybridized carbons (Fsp3) is 0. The molecule has 53 heavy (non-hydrogen) atoms. The van der Waals surface area contributed by atoms with E-state index in [2.05, 4.69) is 169 Å². The monoisotopic (exact) mass is 678 g/mol. The number of pyridine rings is 2. The second-order valence-corrected chi connectivity index (χ2v) is 13.4. The Morgan fingerprint density at radius 2 is 0.943 bits per heavy atom. The molecule has 0 unspecified atom stereocenters. The van der Waals surface area contributed by atoms with E-state index in [9.17, 15) is 0 Å². The summed E-state index contributed by atoms with van der Waals surface area (Å²) in [5.41, 5.74) is 12.9. The number of hydrogen-bond acceptors (Lipinski definition) is 3. The van der Waals surface area contributed by atoms with Crippen LogP contribution in [0.15, 0.2) is 183 Å². The second kappa shape index (κ2) is 11.6. The minimum atomic E-state index is 0.902. The Hall–Kier alpha value is -7.31. The van der Waals surface area contributed by atoms with Crippen molar-refractivity contribution >= 4 is 54.6 Å². The van der Waals surface area contributed by atoms with Crippen molar-refractivity contribution in [2.45, 2.75) is 0 Å². The van der Waals surface area contributed by atoms with Gasteiger partial charge in [0, 0.05) is 62.8 Å². The molecule has 248 valence electrons. The van der Waals surface area contributed by atoms with Crippen LogP contribution in [0.1, 0.15) is 0 Å².